The number of aromatic nitrogens is 3. The summed E-state index contributed by atoms with van der Waals surface area (Å²) in [6, 6.07) is 3.83. The van der Waals surface area contributed by atoms with Crippen LogP contribution in [0.4, 0.5) is 5.82 Å². The lowest BCUT2D eigenvalue weighted by Gasteiger charge is -2.32. The molecule has 1 fully saturated rings. The zero-order valence-electron chi connectivity index (χ0n) is 19.5. The van der Waals surface area contributed by atoms with Crippen molar-refractivity contribution >= 4 is 34.8 Å². The fourth-order valence-electron chi connectivity index (χ4n) is 4.16. The molecule has 1 aliphatic rings. The Morgan fingerprint density at radius 1 is 1.26 bits per heavy atom. The molecular formula is C25H30N4O4S. The van der Waals surface area contributed by atoms with Crippen molar-refractivity contribution in [3.8, 4) is 0 Å². The number of nitrogens with zero attached hydrogens (tertiary/aromatic N) is 4. The quantitative estimate of drug-likeness (QED) is 0.474. The minimum atomic E-state index is -1.12. The number of anilines is 1. The third-order valence-corrected chi connectivity index (χ3v) is 7.19. The van der Waals surface area contributed by atoms with Gasteiger partial charge in [-0.25, -0.2) is 14.8 Å². The molecule has 34 heavy (non-hydrogen) atoms. The van der Waals surface area contributed by atoms with Gasteiger partial charge < -0.3 is 15.1 Å². The molecule has 0 saturated carbocycles. The highest BCUT2D eigenvalue weighted by Crippen LogP contribution is 2.25. The van der Waals surface area contributed by atoms with Gasteiger partial charge in [0, 0.05) is 43.8 Å². The molecule has 0 aromatic carbocycles. The molecule has 180 valence electrons. The van der Waals surface area contributed by atoms with Gasteiger partial charge >= 0.3 is 5.97 Å². The predicted molar refractivity (Wildman–Crippen MR) is 134 cm³/mol. The third-order valence-electron chi connectivity index (χ3n) is 6.26. The number of aliphatic carboxylic acids is 1. The molecule has 0 atom stereocenters. The highest BCUT2D eigenvalue weighted by atomic mass is 32.1. The van der Waals surface area contributed by atoms with Gasteiger partial charge in [0.2, 0.25) is 0 Å². The molecule has 0 unspecified atom stereocenters. The maximum absolute atomic E-state index is 13.3. The topological polar surface area (TPSA) is 108 Å². The highest BCUT2D eigenvalue weighted by molar-refractivity contribution is 7.09. The van der Waals surface area contributed by atoms with E-state index in [1.165, 1.54) is 10.5 Å². The first-order valence-electron chi connectivity index (χ1n) is 11.6. The van der Waals surface area contributed by atoms with Crippen molar-refractivity contribution in [2.45, 2.75) is 45.4 Å². The number of pyridine rings is 1. The number of rotatable bonds is 8. The molecule has 9 heteroatoms. The molecule has 0 spiro atoms. The van der Waals surface area contributed by atoms with Crippen LogP contribution in [0.25, 0.3) is 11.7 Å². The second-order valence-electron chi connectivity index (χ2n) is 9.02. The first-order valence-corrected chi connectivity index (χ1v) is 12.5. The second-order valence-corrected chi connectivity index (χ2v) is 9.97. The van der Waals surface area contributed by atoms with Gasteiger partial charge in [0.05, 0.1) is 16.3 Å². The van der Waals surface area contributed by atoms with Crippen molar-refractivity contribution in [2.75, 3.05) is 24.6 Å². The Hall–Kier alpha value is -3.04. The van der Waals surface area contributed by atoms with E-state index in [1.807, 2.05) is 17.0 Å². The minimum Gasteiger partial charge on any atom is -0.478 e. The lowest BCUT2D eigenvalue weighted by atomic mass is 9.97. The van der Waals surface area contributed by atoms with Gasteiger partial charge in [0.15, 0.2) is 0 Å². The summed E-state index contributed by atoms with van der Waals surface area (Å²) in [7, 11) is 0. The van der Waals surface area contributed by atoms with Crippen LogP contribution in [-0.4, -0.2) is 50.2 Å². The molecule has 3 aromatic heterocycles. The van der Waals surface area contributed by atoms with Crippen LogP contribution in [-0.2, 0) is 17.6 Å². The maximum atomic E-state index is 13.3. The average molecular weight is 483 g/mol. The zero-order chi connectivity index (χ0) is 24.2. The Labute approximate surface area is 202 Å². The number of fused-ring (bicyclic) bond motifs is 1. The molecule has 2 N–H and O–H groups in total. The van der Waals surface area contributed by atoms with Gasteiger partial charge in [-0.1, -0.05) is 13.8 Å². The standard InChI is InChI=1S/C25H30N4O4S/c1-16(2)20-15-34-22(26-20)5-3-17-9-12-29-21(13-17)27-24(19(25(29)33)4-6-23(31)32)28-10-7-18(14-30)8-11-28/h4,6,9,12-13,15-16,18,30H,3,5,7-8,10-11,14H2,1-2H3,(H,31,32). The number of hydrogen-bond acceptors (Lipinski definition) is 7. The van der Waals surface area contributed by atoms with Gasteiger partial charge in [-0.15, -0.1) is 11.3 Å². The molecule has 4 rings (SSSR count). The molecule has 0 radical (unpaired) electrons. The molecule has 1 saturated heterocycles. The Balaban J connectivity index is 1.66. The number of thiazole rings is 1. The van der Waals surface area contributed by atoms with Crippen molar-refractivity contribution in [1.82, 2.24) is 14.4 Å². The monoisotopic (exact) mass is 482 g/mol. The van der Waals surface area contributed by atoms with E-state index < -0.39 is 5.97 Å². The lowest BCUT2D eigenvalue weighted by Crippen LogP contribution is -2.37. The fourth-order valence-corrected chi connectivity index (χ4v) is 5.12. The van der Waals surface area contributed by atoms with Gasteiger partial charge in [0.25, 0.3) is 5.56 Å². The Kier molecular flexibility index (Phi) is 7.43. The van der Waals surface area contributed by atoms with Crippen LogP contribution in [0.3, 0.4) is 0 Å². The Morgan fingerprint density at radius 2 is 2.03 bits per heavy atom. The first kappa shape index (κ1) is 24.1. The second kappa shape index (κ2) is 10.5. The summed E-state index contributed by atoms with van der Waals surface area (Å²) in [5, 5.41) is 21.8. The molecular weight excluding hydrogens is 452 g/mol. The van der Waals surface area contributed by atoms with Crippen molar-refractivity contribution in [2.24, 2.45) is 5.92 Å². The van der Waals surface area contributed by atoms with Gasteiger partial charge in [-0.3, -0.25) is 9.20 Å². The minimum absolute atomic E-state index is 0.147. The molecule has 1 aliphatic heterocycles. The molecule has 4 heterocycles. The summed E-state index contributed by atoms with van der Waals surface area (Å²) in [5.41, 5.74) is 2.68. The van der Waals surface area contributed by atoms with Crippen molar-refractivity contribution in [3.63, 3.8) is 0 Å². The molecule has 0 bridgehead atoms. The van der Waals surface area contributed by atoms with Crippen LogP contribution in [0.15, 0.2) is 34.6 Å². The first-order chi connectivity index (χ1) is 16.4. The van der Waals surface area contributed by atoms with Crippen LogP contribution < -0.4 is 10.5 Å². The van der Waals surface area contributed by atoms with Gasteiger partial charge in [-0.2, -0.15) is 0 Å². The van der Waals surface area contributed by atoms with E-state index >= 15 is 0 Å². The largest absolute Gasteiger partial charge is 0.478 e. The van der Waals surface area contributed by atoms with Crippen LogP contribution in [0.5, 0.6) is 0 Å². The Morgan fingerprint density at radius 3 is 2.68 bits per heavy atom. The van der Waals surface area contributed by atoms with E-state index in [-0.39, 0.29) is 23.6 Å². The van der Waals surface area contributed by atoms with Crippen molar-refractivity contribution in [3.05, 3.63) is 62.0 Å². The lowest BCUT2D eigenvalue weighted by molar-refractivity contribution is -0.131. The molecule has 0 amide bonds. The normalized spacial score (nSPS) is 15.1. The van der Waals surface area contributed by atoms with Gasteiger partial charge in [-0.05, 0) is 54.9 Å². The van der Waals surface area contributed by atoms with Crippen LogP contribution in [0.1, 0.15) is 54.4 Å². The van der Waals surface area contributed by atoms with Crippen LogP contribution in [0, 0.1) is 5.92 Å². The smallest absolute Gasteiger partial charge is 0.328 e. The number of aliphatic hydroxyl groups excluding tert-OH is 1. The number of aliphatic hydroxyl groups is 1. The number of carboxylic acid groups (broad SMARTS) is 1. The summed E-state index contributed by atoms with van der Waals surface area (Å²) in [6.07, 6.45) is 7.22. The zero-order valence-corrected chi connectivity index (χ0v) is 20.3. The summed E-state index contributed by atoms with van der Waals surface area (Å²) in [4.78, 5) is 35.9. The number of carboxylic acids is 1. The molecule has 0 aliphatic carbocycles. The fraction of sp³-hybridized carbons (Fsp3) is 0.440. The highest BCUT2D eigenvalue weighted by Gasteiger charge is 2.23. The predicted octanol–water partition coefficient (Wildman–Crippen LogP) is 3.37. The maximum Gasteiger partial charge on any atom is 0.328 e. The van der Waals surface area contributed by atoms with E-state index in [0.29, 0.717) is 30.5 Å². The van der Waals surface area contributed by atoms with E-state index in [9.17, 15) is 14.7 Å². The summed E-state index contributed by atoms with van der Waals surface area (Å²) in [5.74, 6) is 0.0293. The summed E-state index contributed by atoms with van der Waals surface area (Å²) >= 11 is 1.67. The van der Waals surface area contributed by atoms with E-state index in [0.717, 1.165) is 48.0 Å². The van der Waals surface area contributed by atoms with Crippen molar-refractivity contribution in [1.29, 1.82) is 0 Å². The van der Waals surface area contributed by atoms with Crippen molar-refractivity contribution < 1.29 is 15.0 Å². The number of aryl methyl sites for hydroxylation is 2. The van der Waals surface area contributed by atoms with Crippen LogP contribution >= 0.6 is 11.3 Å². The van der Waals surface area contributed by atoms with Crippen LogP contribution in [0.2, 0.25) is 0 Å². The molecule has 8 nitrogen and oxygen atoms in total. The Bertz CT molecular complexity index is 1260. The average Bonchev–Trinajstić information content (AvgIpc) is 3.31. The number of hydrogen-bond donors (Lipinski definition) is 2. The van der Waals surface area contributed by atoms with E-state index in [4.69, 9.17) is 15.1 Å². The third kappa shape index (κ3) is 5.37. The van der Waals surface area contributed by atoms with E-state index in [1.54, 1.807) is 17.5 Å². The summed E-state index contributed by atoms with van der Waals surface area (Å²) in [6.45, 7) is 5.73. The number of carbonyl (C=O) groups is 1. The molecule has 3 aromatic rings. The summed E-state index contributed by atoms with van der Waals surface area (Å²) < 4.78 is 1.47. The SMILES string of the molecule is CC(C)c1csc(CCc2ccn3c(=O)c(C=CC(=O)O)c(N4CCC(CO)CC4)nc3c2)n1. The number of piperidine rings is 1. The van der Waals surface area contributed by atoms with Gasteiger partial charge in [0.1, 0.15) is 11.5 Å². The van der Waals surface area contributed by atoms with E-state index in [2.05, 4.69) is 19.2 Å².